The zero-order valence-electron chi connectivity index (χ0n) is 8.04. The van der Waals surface area contributed by atoms with E-state index >= 15 is 0 Å². The quantitative estimate of drug-likeness (QED) is 0.684. The summed E-state index contributed by atoms with van der Waals surface area (Å²) in [6.45, 7) is 2.11. The second-order valence-electron chi connectivity index (χ2n) is 3.18. The molecule has 0 fully saturated rings. The molecule has 2 aromatic rings. The van der Waals surface area contributed by atoms with Crippen LogP contribution in [-0.2, 0) is 6.42 Å². The molecule has 0 spiro atoms. The van der Waals surface area contributed by atoms with Gasteiger partial charge in [-0.3, -0.25) is 5.10 Å². The standard InChI is InChI=1S/C9H13N5/c1-2-3-6-8(13-14-9(6)10)7-4-11-5-12-7/h4-5H,2-3H2,1H3,(H,11,12)(H3,10,13,14). The Kier molecular flexibility index (Phi) is 2.22. The Balaban J connectivity index is 2.43. The first-order chi connectivity index (χ1) is 6.83. The third kappa shape index (κ3) is 1.37. The van der Waals surface area contributed by atoms with Crippen molar-refractivity contribution in [2.75, 3.05) is 5.73 Å². The van der Waals surface area contributed by atoms with E-state index in [-0.39, 0.29) is 0 Å². The maximum absolute atomic E-state index is 5.76. The maximum Gasteiger partial charge on any atom is 0.149 e. The Morgan fingerprint density at radius 3 is 3.00 bits per heavy atom. The van der Waals surface area contributed by atoms with Crippen molar-refractivity contribution in [1.29, 1.82) is 0 Å². The minimum atomic E-state index is 0.580. The minimum Gasteiger partial charge on any atom is -0.382 e. The van der Waals surface area contributed by atoms with Crippen molar-refractivity contribution in [2.45, 2.75) is 19.8 Å². The van der Waals surface area contributed by atoms with Gasteiger partial charge in [0.15, 0.2) is 0 Å². The summed E-state index contributed by atoms with van der Waals surface area (Å²) in [5, 5.41) is 6.91. The first kappa shape index (κ1) is 8.80. The summed E-state index contributed by atoms with van der Waals surface area (Å²) in [7, 11) is 0. The largest absolute Gasteiger partial charge is 0.382 e. The minimum absolute atomic E-state index is 0.580. The molecule has 74 valence electrons. The number of aromatic nitrogens is 4. The van der Waals surface area contributed by atoms with Gasteiger partial charge in [-0.05, 0) is 6.42 Å². The molecule has 5 heteroatoms. The molecule has 0 atom stereocenters. The Labute approximate surface area is 81.7 Å². The molecule has 0 unspecified atom stereocenters. The number of imidazole rings is 1. The van der Waals surface area contributed by atoms with Gasteiger partial charge in [-0.25, -0.2) is 4.98 Å². The number of H-pyrrole nitrogens is 2. The molecule has 5 nitrogen and oxygen atoms in total. The molecule has 0 saturated heterocycles. The molecule has 0 aliphatic rings. The number of anilines is 1. The number of nitrogens with two attached hydrogens (primary N) is 1. The van der Waals surface area contributed by atoms with Crippen LogP contribution in [0.3, 0.4) is 0 Å². The molecule has 2 rings (SSSR count). The molecule has 0 amide bonds. The Hall–Kier alpha value is -1.78. The fourth-order valence-corrected chi connectivity index (χ4v) is 1.50. The summed E-state index contributed by atoms with van der Waals surface area (Å²) >= 11 is 0. The van der Waals surface area contributed by atoms with E-state index in [1.807, 2.05) is 0 Å². The topological polar surface area (TPSA) is 83.4 Å². The van der Waals surface area contributed by atoms with Crippen molar-refractivity contribution in [2.24, 2.45) is 0 Å². The van der Waals surface area contributed by atoms with Gasteiger partial charge in [0.1, 0.15) is 5.82 Å². The van der Waals surface area contributed by atoms with E-state index in [0.717, 1.165) is 29.8 Å². The van der Waals surface area contributed by atoms with Crippen LogP contribution in [0.1, 0.15) is 18.9 Å². The molecule has 0 bridgehead atoms. The highest BCUT2D eigenvalue weighted by atomic mass is 15.2. The van der Waals surface area contributed by atoms with Crippen LogP contribution in [0.4, 0.5) is 5.82 Å². The maximum atomic E-state index is 5.76. The highest BCUT2D eigenvalue weighted by Gasteiger charge is 2.12. The highest BCUT2D eigenvalue weighted by Crippen LogP contribution is 2.24. The highest BCUT2D eigenvalue weighted by molar-refractivity contribution is 5.64. The lowest BCUT2D eigenvalue weighted by Gasteiger charge is -1.99. The van der Waals surface area contributed by atoms with Crippen LogP contribution < -0.4 is 5.73 Å². The fraction of sp³-hybridized carbons (Fsp3) is 0.333. The summed E-state index contributed by atoms with van der Waals surface area (Å²) in [4.78, 5) is 6.99. The second kappa shape index (κ2) is 3.53. The van der Waals surface area contributed by atoms with Crippen molar-refractivity contribution in [3.8, 4) is 11.4 Å². The summed E-state index contributed by atoms with van der Waals surface area (Å²) < 4.78 is 0. The zero-order chi connectivity index (χ0) is 9.97. The van der Waals surface area contributed by atoms with Crippen molar-refractivity contribution >= 4 is 5.82 Å². The zero-order valence-corrected chi connectivity index (χ0v) is 8.04. The SMILES string of the molecule is CCCc1c(N)n[nH]c1-c1cnc[nH]1. The van der Waals surface area contributed by atoms with Crippen LogP contribution >= 0.6 is 0 Å². The third-order valence-corrected chi connectivity index (χ3v) is 2.17. The second-order valence-corrected chi connectivity index (χ2v) is 3.18. The van der Waals surface area contributed by atoms with Crippen LogP contribution in [0.15, 0.2) is 12.5 Å². The van der Waals surface area contributed by atoms with E-state index in [4.69, 9.17) is 5.73 Å². The molecule has 2 aromatic heterocycles. The lowest BCUT2D eigenvalue weighted by atomic mass is 10.1. The number of hydrogen-bond acceptors (Lipinski definition) is 3. The van der Waals surface area contributed by atoms with Crippen molar-refractivity contribution in [3.63, 3.8) is 0 Å². The number of aromatic amines is 2. The molecule has 0 aliphatic heterocycles. The molecule has 2 heterocycles. The van der Waals surface area contributed by atoms with Crippen LogP contribution in [0.2, 0.25) is 0 Å². The van der Waals surface area contributed by atoms with Gasteiger partial charge in [-0.1, -0.05) is 13.3 Å². The van der Waals surface area contributed by atoms with E-state index in [2.05, 4.69) is 27.1 Å². The molecule has 0 saturated carbocycles. The summed E-state index contributed by atoms with van der Waals surface area (Å²) in [5.41, 5.74) is 8.70. The van der Waals surface area contributed by atoms with Gasteiger partial charge >= 0.3 is 0 Å². The predicted octanol–water partition coefficient (Wildman–Crippen LogP) is 1.33. The number of hydrogen-bond donors (Lipinski definition) is 3. The van der Waals surface area contributed by atoms with Crippen LogP contribution in [-0.4, -0.2) is 20.2 Å². The van der Waals surface area contributed by atoms with Crippen molar-refractivity contribution in [1.82, 2.24) is 20.2 Å². The number of nitrogens with one attached hydrogen (secondary N) is 2. The number of nitrogens with zero attached hydrogens (tertiary/aromatic N) is 2. The molecule has 0 aromatic carbocycles. The smallest absolute Gasteiger partial charge is 0.149 e. The van der Waals surface area contributed by atoms with Gasteiger partial charge in [0.05, 0.1) is 23.9 Å². The first-order valence-corrected chi connectivity index (χ1v) is 4.64. The molecule has 0 radical (unpaired) electrons. The van der Waals surface area contributed by atoms with E-state index in [0.29, 0.717) is 5.82 Å². The third-order valence-electron chi connectivity index (χ3n) is 2.17. The fourth-order valence-electron chi connectivity index (χ4n) is 1.50. The van der Waals surface area contributed by atoms with Gasteiger partial charge < -0.3 is 10.7 Å². The number of rotatable bonds is 3. The van der Waals surface area contributed by atoms with Crippen LogP contribution in [0, 0.1) is 0 Å². The average molecular weight is 191 g/mol. The Morgan fingerprint density at radius 2 is 2.36 bits per heavy atom. The van der Waals surface area contributed by atoms with Gasteiger partial charge in [-0.15, -0.1) is 0 Å². The summed E-state index contributed by atoms with van der Waals surface area (Å²) in [6.07, 6.45) is 5.37. The normalized spacial score (nSPS) is 10.6. The van der Waals surface area contributed by atoms with E-state index in [9.17, 15) is 0 Å². The van der Waals surface area contributed by atoms with Gasteiger partial charge in [-0.2, -0.15) is 5.10 Å². The molecular weight excluding hydrogens is 178 g/mol. The van der Waals surface area contributed by atoms with E-state index in [1.165, 1.54) is 0 Å². The Morgan fingerprint density at radius 1 is 1.50 bits per heavy atom. The van der Waals surface area contributed by atoms with Gasteiger partial charge in [0, 0.05) is 5.56 Å². The number of nitrogen functional groups attached to an aromatic ring is 1. The molecule has 0 aliphatic carbocycles. The monoisotopic (exact) mass is 191 g/mol. The molecular formula is C9H13N5. The van der Waals surface area contributed by atoms with Crippen LogP contribution in [0.25, 0.3) is 11.4 Å². The summed E-state index contributed by atoms with van der Waals surface area (Å²) in [6, 6.07) is 0. The van der Waals surface area contributed by atoms with Crippen molar-refractivity contribution in [3.05, 3.63) is 18.1 Å². The molecule has 14 heavy (non-hydrogen) atoms. The van der Waals surface area contributed by atoms with Crippen LogP contribution in [0.5, 0.6) is 0 Å². The molecule has 4 N–H and O–H groups in total. The lowest BCUT2D eigenvalue weighted by molar-refractivity contribution is 0.926. The van der Waals surface area contributed by atoms with E-state index in [1.54, 1.807) is 12.5 Å². The predicted molar refractivity (Wildman–Crippen MR) is 54.6 cm³/mol. The van der Waals surface area contributed by atoms with E-state index < -0.39 is 0 Å². The van der Waals surface area contributed by atoms with Crippen molar-refractivity contribution < 1.29 is 0 Å². The van der Waals surface area contributed by atoms with Gasteiger partial charge in [0.2, 0.25) is 0 Å². The summed E-state index contributed by atoms with van der Waals surface area (Å²) in [5.74, 6) is 0.580. The lowest BCUT2D eigenvalue weighted by Crippen LogP contribution is -1.92. The first-order valence-electron chi connectivity index (χ1n) is 4.64. The Bertz CT molecular complexity index is 401. The average Bonchev–Trinajstić information content (AvgIpc) is 2.77. The van der Waals surface area contributed by atoms with Gasteiger partial charge in [0.25, 0.3) is 0 Å².